The highest BCUT2D eigenvalue weighted by atomic mass is 35.5. The van der Waals surface area contributed by atoms with Crippen LogP contribution in [-0.2, 0) is 9.59 Å². The Morgan fingerprint density at radius 2 is 1.71 bits per heavy atom. The Morgan fingerprint density at radius 1 is 1.00 bits per heavy atom. The van der Waals surface area contributed by atoms with Gasteiger partial charge in [-0.2, -0.15) is 0 Å². The molecular formula is C22H22Cl3N3O3. The molecule has 6 nitrogen and oxygen atoms in total. The molecule has 1 N–H and O–H groups in total. The summed E-state index contributed by atoms with van der Waals surface area (Å²) in [5.74, 6) is 0.262. The fraction of sp³-hybridized carbons (Fsp3) is 0.364. The minimum atomic E-state index is -0.658. The summed E-state index contributed by atoms with van der Waals surface area (Å²) in [7, 11) is 0. The molecule has 1 fully saturated rings. The number of amides is 2. The summed E-state index contributed by atoms with van der Waals surface area (Å²) >= 11 is 18.2. The molecule has 0 saturated carbocycles. The van der Waals surface area contributed by atoms with Crippen molar-refractivity contribution in [1.29, 1.82) is 0 Å². The van der Waals surface area contributed by atoms with Gasteiger partial charge in [0.1, 0.15) is 5.75 Å². The largest absolute Gasteiger partial charge is 0.477 e. The first kappa shape index (κ1) is 22.1. The first-order valence-electron chi connectivity index (χ1n) is 10.2. The number of anilines is 2. The number of nitrogens with zero attached hydrogens (tertiary/aromatic N) is 2. The van der Waals surface area contributed by atoms with Gasteiger partial charge in [0.25, 0.3) is 5.91 Å². The number of rotatable bonds is 4. The van der Waals surface area contributed by atoms with Crippen LogP contribution < -0.4 is 15.0 Å². The summed E-state index contributed by atoms with van der Waals surface area (Å²) < 4.78 is 6.01. The molecule has 0 spiro atoms. The van der Waals surface area contributed by atoms with Gasteiger partial charge in [-0.05, 0) is 43.5 Å². The van der Waals surface area contributed by atoms with Crippen molar-refractivity contribution in [3.8, 4) is 5.75 Å². The number of hydrogen-bond acceptors (Lipinski definition) is 4. The highest BCUT2D eigenvalue weighted by molar-refractivity contribution is 6.44. The molecular weight excluding hydrogens is 461 g/mol. The van der Waals surface area contributed by atoms with Crippen molar-refractivity contribution in [2.75, 3.05) is 36.4 Å². The number of piperidine rings is 1. The smallest absolute Gasteiger partial charge is 0.265 e. The fourth-order valence-corrected chi connectivity index (χ4v) is 4.48. The second kappa shape index (κ2) is 9.55. The normalized spacial score (nSPS) is 18.2. The van der Waals surface area contributed by atoms with Crippen molar-refractivity contribution in [2.45, 2.75) is 25.4 Å². The molecule has 2 amide bonds. The lowest BCUT2D eigenvalue weighted by Gasteiger charge is -2.38. The van der Waals surface area contributed by atoms with Crippen LogP contribution in [0.25, 0.3) is 0 Å². The molecule has 1 atom stereocenters. The monoisotopic (exact) mass is 481 g/mol. The average molecular weight is 483 g/mol. The maximum absolute atomic E-state index is 13.0. The van der Waals surface area contributed by atoms with Crippen LogP contribution in [0.4, 0.5) is 11.4 Å². The number of carbonyl (C=O) groups is 2. The number of likely N-dealkylation sites (tertiary alicyclic amines) is 1. The van der Waals surface area contributed by atoms with Crippen molar-refractivity contribution in [3.63, 3.8) is 0 Å². The van der Waals surface area contributed by atoms with Gasteiger partial charge in [-0.15, -0.1) is 0 Å². The SMILES string of the molecule is O=C(CN1CC(C(=O)N2CCCCC2)Oc2ccccc21)Nc1cc(Cl)c(Cl)cc1Cl. The highest BCUT2D eigenvalue weighted by Gasteiger charge is 2.34. The summed E-state index contributed by atoms with van der Waals surface area (Å²) in [6.45, 7) is 1.81. The molecule has 2 aliphatic rings. The standard InChI is InChI=1S/C22H22Cl3N3O3/c23-14-10-16(25)17(11-15(14)24)26-21(29)13-28-12-20(22(30)27-8-4-1-5-9-27)31-19-7-3-2-6-18(19)28/h2-3,6-7,10-11,20H,1,4-5,8-9,12-13H2,(H,26,29). The van der Waals surface area contributed by atoms with Crippen molar-refractivity contribution in [3.05, 3.63) is 51.5 Å². The Kier molecular flexibility index (Phi) is 6.80. The Morgan fingerprint density at radius 3 is 2.48 bits per heavy atom. The Hall–Kier alpha value is -2.15. The van der Waals surface area contributed by atoms with Crippen LogP contribution in [0.1, 0.15) is 19.3 Å². The van der Waals surface area contributed by atoms with Crippen LogP contribution in [0.5, 0.6) is 5.75 Å². The summed E-state index contributed by atoms with van der Waals surface area (Å²) in [4.78, 5) is 29.5. The third kappa shape index (κ3) is 5.03. The van der Waals surface area contributed by atoms with Gasteiger partial charge in [0.2, 0.25) is 5.91 Å². The minimum absolute atomic E-state index is 0.0285. The summed E-state index contributed by atoms with van der Waals surface area (Å²) in [5.41, 5.74) is 1.14. The maximum Gasteiger partial charge on any atom is 0.265 e. The highest BCUT2D eigenvalue weighted by Crippen LogP contribution is 2.35. The molecule has 2 aromatic carbocycles. The minimum Gasteiger partial charge on any atom is -0.477 e. The second-order valence-electron chi connectivity index (χ2n) is 7.64. The van der Waals surface area contributed by atoms with Crippen LogP contribution in [0.2, 0.25) is 15.1 Å². The third-order valence-electron chi connectivity index (χ3n) is 5.42. The van der Waals surface area contributed by atoms with E-state index in [1.54, 1.807) is 0 Å². The fourth-order valence-electron chi connectivity index (χ4n) is 3.88. The van der Waals surface area contributed by atoms with Crippen molar-refractivity contribution in [1.82, 2.24) is 4.90 Å². The maximum atomic E-state index is 13.0. The van der Waals surface area contributed by atoms with Gasteiger partial charge in [-0.1, -0.05) is 46.9 Å². The zero-order valence-corrected chi connectivity index (χ0v) is 19.0. The molecule has 0 bridgehead atoms. The molecule has 0 aliphatic carbocycles. The van der Waals surface area contributed by atoms with E-state index in [0.29, 0.717) is 26.5 Å². The van der Waals surface area contributed by atoms with Crippen LogP contribution >= 0.6 is 34.8 Å². The van der Waals surface area contributed by atoms with E-state index in [4.69, 9.17) is 39.5 Å². The number of fused-ring (bicyclic) bond motifs is 1. The molecule has 2 aliphatic heterocycles. The predicted molar refractivity (Wildman–Crippen MR) is 124 cm³/mol. The number of nitrogens with one attached hydrogen (secondary N) is 1. The second-order valence-corrected chi connectivity index (χ2v) is 8.86. The van der Waals surface area contributed by atoms with Crippen LogP contribution in [0.3, 0.4) is 0 Å². The van der Waals surface area contributed by atoms with Crippen LogP contribution in [-0.4, -0.2) is 49.0 Å². The molecule has 2 heterocycles. The molecule has 31 heavy (non-hydrogen) atoms. The van der Waals surface area contributed by atoms with Crippen molar-refractivity contribution < 1.29 is 14.3 Å². The molecule has 0 radical (unpaired) electrons. The summed E-state index contributed by atoms with van der Waals surface area (Å²) in [5, 5.41) is 3.67. The van der Waals surface area contributed by atoms with E-state index in [0.717, 1.165) is 38.0 Å². The first-order chi connectivity index (χ1) is 14.9. The van der Waals surface area contributed by atoms with Gasteiger partial charge >= 0.3 is 0 Å². The number of para-hydroxylation sites is 2. The molecule has 0 aromatic heterocycles. The number of ether oxygens (including phenoxy) is 1. The molecule has 1 unspecified atom stereocenters. The molecule has 4 rings (SSSR count). The lowest BCUT2D eigenvalue weighted by Crippen LogP contribution is -2.52. The van der Waals surface area contributed by atoms with Crippen LogP contribution in [0, 0.1) is 0 Å². The summed E-state index contributed by atoms with van der Waals surface area (Å²) in [6.07, 6.45) is 2.49. The average Bonchev–Trinajstić information content (AvgIpc) is 2.77. The van der Waals surface area contributed by atoms with Gasteiger partial charge in [0.05, 0.1) is 39.5 Å². The predicted octanol–water partition coefficient (Wildman–Crippen LogP) is 4.87. The molecule has 1 saturated heterocycles. The van der Waals surface area contributed by atoms with Gasteiger partial charge < -0.3 is 19.9 Å². The molecule has 9 heteroatoms. The van der Waals surface area contributed by atoms with E-state index in [-0.39, 0.29) is 24.9 Å². The van der Waals surface area contributed by atoms with E-state index < -0.39 is 6.10 Å². The van der Waals surface area contributed by atoms with Crippen molar-refractivity contribution >= 4 is 58.0 Å². The number of halogens is 3. The molecule has 164 valence electrons. The van der Waals surface area contributed by atoms with Crippen molar-refractivity contribution in [2.24, 2.45) is 0 Å². The Bertz CT molecular complexity index is 995. The number of carbonyl (C=O) groups excluding carboxylic acids is 2. The Labute approximate surface area is 196 Å². The van der Waals surface area contributed by atoms with E-state index in [9.17, 15) is 9.59 Å². The zero-order chi connectivity index (χ0) is 22.0. The van der Waals surface area contributed by atoms with Crippen LogP contribution in [0.15, 0.2) is 36.4 Å². The number of hydrogen-bond donors (Lipinski definition) is 1. The topological polar surface area (TPSA) is 61.9 Å². The Balaban J connectivity index is 1.50. The zero-order valence-electron chi connectivity index (χ0n) is 16.7. The first-order valence-corrected chi connectivity index (χ1v) is 11.3. The van der Waals surface area contributed by atoms with E-state index in [1.165, 1.54) is 12.1 Å². The third-order valence-corrected chi connectivity index (χ3v) is 6.46. The lowest BCUT2D eigenvalue weighted by atomic mass is 10.1. The molecule has 2 aromatic rings. The van der Waals surface area contributed by atoms with E-state index in [2.05, 4.69) is 5.32 Å². The summed E-state index contributed by atoms with van der Waals surface area (Å²) in [6, 6.07) is 10.4. The van der Waals surface area contributed by atoms with E-state index >= 15 is 0 Å². The van der Waals surface area contributed by atoms with Gasteiger partial charge in [0.15, 0.2) is 6.10 Å². The number of benzene rings is 2. The lowest BCUT2D eigenvalue weighted by molar-refractivity contribution is -0.139. The van der Waals surface area contributed by atoms with Gasteiger partial charge in [-0.25, -0.2) is 0 Å². The van der Waals surface area contributed by atoms with Gasteiger partial charge in [0, 0.05) is 13.1 Å². The van der Waals surface area contributed by atoms with E-state index in [1.807, 2.05) is 34.1 Å². The quantitative estimate of drug-likeness (QED) is 0.632. The van der Waals surface area contributed by atoms with Gasteiger partial charge in [-0.3, -0.25) is 9.59 Å².